The Morgan fingerprint density at radius 2 is 2.14 bits per heavy atom. The van der Waals surface area contributed by atoms with Crippen molar-refractivity contribution < 1.29 is 14.3 Å². The van der Waals surface area contributed by atoms with Gasteiger partial charge in [-0.15, -0.1) is 11.3 Å². The van der Waals surface area contributed by atoms with Crippen LogP contribution < -0.4 is 5.32 Å². The third kappa shape index (κ3) is 3.71. The van der Waals surface area contributed by atoms with Gasteiger partial charge in [-0.1, -0.05) is 6.92 Å². The molecule has 0 aromatic carbocycles. The van der Waals surface area contributed by atoms with Gasteiger partial charge < -0.3 is 15.0 Å². The average molecular weight is 403 g/mol. The Hall–Kier alpha value is -2.19. The minimum Gasteiger partial charge on any atom is -0.378 e. The number of nitrogens with one attached hydrogen (secondary N) is 1. The van der Waals surface area contributed by atoms with Crippen LogP contribution in [-0.4, -0.2) is 52.8 Å². The molecule has 0 bridgehead atoms. The molecule has 0 radical (unpaired) electrons. The average Bonchev–Trinajstić information content (AvgIpc) is 3.32. The maximum atomic E-state index is 13.3. The van der Waals surface area contributed by atoms with E-state index in [1.165, 1.54) is 4.88 Å². The normalized spacial score (nSPS) is 19.4. The van der Waals surface area contributed by atoms with Crippen LogP contribution in [0.4, 0.5) is 5.00 Å². The van der Waals surface area contributed by atoms with Gasteiger partial charge in [0, 0.05) is 30.7 Å². The summed E-state index contributed by atoms with van der Waals surface area (Å²) in [6.07, 6.45) is 6.23. The van der Waals surface area contributed by atoms with Crippen LogP contribution in [0, 0.1) is 5.92 Å². The van der Waals surface area contributed by atoms with Crippen molar-refractivity contribution in [3.63, 3.8) is 0 Å². The predicted molar refractivity (Wildman–Crippen MR) is 108 cm³/mol. The monoisotopic (exact) mass is 402 g/mol. The number of hydrogen-bond acceptors (Lipinski definition) is 5. The number of carbonyl (C=O) groups excluding carboxylic acids is 2. The Labute approximate surface area is 168 Å². The summed E-state index contributed by atoms with van der Waals surface area (Å²) >= 11 is 1.56. The maximum Gasteiger partial charge on any atom is 0.259 e. The zero-order chi connectivity index (χ0) is 19.7. The van der Waals surface area contributed by atoms with E-state index in [-0.39, 0.29) is 11.8 Å². The van der Waals surface area contributed by atoms with Crippen molar-refractivity contribution in [3.8, 4) is 0 Å². The highest BCUT2D eigenvalue weighted by atomic mass is 32.1. The van der Waals surface area contributed by atoms with Gasteiger partial charge in [-0.2, -0.15) is 5.10 Å². The van der Waals surface area contributed by atoms with Crippen LogP contribution in [0.2, 0.25) is 0 Å². The van der Waals surface area contributed by atoms with Crippen molar-refractivity contribution in [2.45, 2.75) is 39.7 Å². The third-order valence-electron chi connectivity index (χ3n) is 5.47. The van der Waals surface area contributed by atoms with Gasteiger partial charge in [-0.25, -0.2) is 0 Å². The summed E-state index contributed by atoms with van der Waals surface area (Å²) in [5, 5.41) is 7.85. The van der Waals surface area contributed by atoms with Gasteiger partial charge in [0.2, 0.25) is 0 Å². The first kappa shape index (κ1) is 19.1. The molecule has 2 aromatic rings. The molecule has 2 aliphatic rings. The van der Waals surface area contributed by atoms with E-state index in [0.717, 1.165) is 24.8 Å². The van der Waals surface area contributed by atoms with E-state index in [1.807, 2.05) is 11.8 Å². The molecule has 1 aliphatic heterocycles. The number of aromatic nitrogens is 2. The van der Waals surface area contributed by atoms with Gasteiger partial charge in [-0.3, -0.25) is 14.3 Å². The number of nitrogens with zero attached hydrogens (tertiary/aromatic N) is 3. The predicted octanol–water partition coefficient (Wildman–Crippen LogP) is 2.81. The summed E-state index contributed by atoms with van der Waals surface area (Å²) in [6, 6.07) is 0. The molecule has 1 atom stereocenters. The van der Waals surface area contributed by atoms with Gasteiger partial charge >= 0.3 is 0 Å². The largest absolute Gasteiger partial charge is 0.378 e. The quantitative estimate of drug-likeness (QED) is 0.853. The lowest BCUT2D eigenvalue weighted by molar-refractivity contribution is 0.0303. The molecule has 8 heteroatoms. The van der Waals surface area contributed by atoms with E-state index in [9.17, 15) is 9.59 Å². The SMILES string of the molecule is CCn1cc(C(=O)Nc2sc3c(c2C(=O)N2CCOCC2)CC[C@H](C)C3)cn1. The van der Waals surface area contributed by atoms with Crippen LogP contribution >= 0.6 is 11.3 Å². The van der Waals surface area contributed by atoms with Gasteiger partial charge in [0.1, 0.15) is 5.00 Å². The Balaban J connectivity index is 1.65. The van der Waals surface area contributed by atoms with Gasteiger partial charge in [0.25, 0.3) is 11.8 Å². The highest BCUT2D eigenvalue weighted by Gasteiger charge is 2.31. The molecule has 7 nitrogen and oxygen atoms in total. The zero-order valence-electron chi connectivity index (χ0n) is 16.4. The fourth-order valence-corrected chi connectivity index (χ4v) is 5.22. The summed E-state index contributed by atoms with van der Waals surface area (Å²) in [5.74, 6) is 0.390. The Kier molecular flexibility index (Phi) is 5.50. The smallest absolute Gasteiger partial charge is 0.259 e. The molecule has 1 saturated heterocycles. The first-order valence-electron chi connectivity index (χ1n) is 9.92. The fourth-order valence-electron chi connectivity index (χ4n) is 3.82. The number of amides is 2. The lowest BCUT2D eigenvalue weighted by Gasteiger charge is -2.28. The van der Waals surface area contributed by atoms with E-state index < -0.39 is 0 Å². The number of aryl methyl sites for hydroxylation is 1. The summed E-state index contributed by atoms with van der Waals surface area (Å²) in [7, 11) is 0. The van der Waals surface area contributed by atoms with Crippen LogP contribution in [0.1, 0.15) is 51.4 Å². The van der Waals surface area contributed by atoms with Gasteiger partial charge in [0.15, 0.2) is 0 Å². The Bertz CT molecular complexity index is 882. The maximum absolute atomic E-state index is 13.3. The number of hydrogen-bond donors (Lipinski definition) is 1. The molecule has 0 saturated carbocycles. The lowest BCUT2D eigenvalue weighted by Crippen LogP contribution is -2.41. The van der Waals surface area contributed by atoms with E-state index in [4.69, 9.17) is 4.74 Å². The van der Waals surface area contributed by atoms with Crippen LogP contribution in [0.3, 0.4) is 0 Å². The number of fused-ring (bicyclic) bond motifs is 1. The molecule has 0 spiro atoms. The van der Waals surface area contributed by atoms with E-state index in [0.29, 0.717) is 54.9 Å². The highest BCUT2D eigenvalue weighted by molar-refractivity contribution is 7.17. The molecular weight excluding hydrogens is 376 g/mol. The number of anilines is 1. The standard InChI is InChI=1S/C20H26N4O3S/c1-3-24-12-14(11-21-24)18(25)22-19-17(20(26)23-6-8-27-9-7-23)15-5-4-13(2)10-16(15)28-19/h11-13H,3-10H2,1-2H3,(H,22,25)/t13-/m0/s1. The number of carbonyl (C=O) groups is 2. The molecule has 2 aromatic heterocycles. The second-order valence-electron chi connectivity index (χ2n) is 7.50. The summed E-state index contributed by atoms with van der Waals surface area (Å²) in [5.41, 5.74) is 2.32. The third-order valence-corrected chi connectivity index (χ3v) is 6.64. The molecule has 2 amide bonds. The molecule has 4 rings (SSSR count). The van der Waals surface area contributed by atoms with E-state index in [1.54, 1.807) is 28.4 Å². The number of ether oxygens (including phenoxy) is 1. The molecule has 1 N–H and O–H groups in total. The topological polar surface area (TPSA) is 76.5 Å². The number of rotatable bonds is 4. The summed E-state index contributed by atoms with van der Waals surface area (Å²) in [6.45, 7) is 7.23. The van der Waals surface area contributed by atoms with Crippen LogP contribution in [0.15, 0.2) is 12.4 Å². The minimum atomic E-state index is -0.220. The van der Waals surface area contributed by atoms with Gasteiger partial charge in [-0.05, 0) is 37.7 Å². The molecule has 150 valence electrons. The first-order chi connectivity index (χ1) is 13.6. The van der Waals surface area contributed by atoms with Crippen molar-refractivity contribution in [2.24, 2.45) is 5.92 Å². The second-order valence-corrected chi connectivity index (χ2v) is 8.60. The van der Waals surface area contributed by atoms with Gasteiger partial charge in [0.05, 0.1) is 30.5 Å². The molecular formula is C20H26N4O3S. The molecule has 0 unspecified atom stereocenters. The lowest BCUT2D eigenvalue weighted by atomic mass is 9.88. The van der Waals surface area contributed by atoms with E-state index >= 15 is 0 Å². The molecule has 28 heavy (non-hydrogen) atoms. The number of thiophene rings is 1. The van der Waals surface area contributed by atoms with Crippen molar-refractivity contribution in [1.29, 1.82) is 0 Å². The van der Waals surface area contributed by atoms with E-state index in [2.05, 4.69) is 17.3 Å². The van der Waals surface area contributed by atoms with Crippen molar-refractivity contribution in [3.05, 3.63) is 34.0 Å². The van der Waals surface area contributed by atoms with Crippen molar-refractivity contribution >= 4 is 28.2 Å². The molecule has 1 fully saturated rings. The van der Waals surface area contributed by atoms with Crippen molar-refractivity contribution in [1.82, 2.24) is 14.7 Å². The van der Waals surface area contributed by atoms with Crippen molar-refractivity contribution in [2.75, 3.05) is 31.6 Å². The Morgan fingerprint density at radius 1 is 1.36 bits per heavy atom. The first-order valence-corrected chi connectivity index (χ1v) is 10.7. The highest BCUT2D eigenvalue weighted by Crippen LogP contribution is 2.40. The van der Waals surface area contributed by atoms with Crippen LogP contribution in [-0.2, 0) is 24.1 Å². The number of morpholine rings is 1. The van der Waals surface area contributed by atoms with Crippen LogP contribution in [0.5, 0.6) is 0 Å². The molecule has 3 heterocycles. The summed E-state index contributed by atoms with van der Waals surface area (Å²) < 4.78 is 7.11. The summed E-state index contributed by atoms with van der Waals surface area (Å²) in [4.78, 5) is 29.2. The van der Waals surface area contributed by atoms with Crippen LogP contribution in [0.25, 0.3) is 0 Å². The Morgan fingerprint density at radius 3 is 2.86 bits per heavy atom. The molecule has 1 aliphatic carbocycles. The fraction of sp³-hybridized carbons (Fsp3) is 0.550. The zero-order valence-corrected chi connectivity index (χ0v) is 17.2. The second kappa shape index (κ2) is 8.05. The minimum absolute atomic E-state index is 0.00917.